The van der Waals surface area contributed by atoms with Crippen molar-refractivity contribution in [2.75, 3.05) is 13.7 Å². The normalized spacial score (nSPS) is 44.9. The first-order valence-electron chi connectivity index (χ1n) is 3.15. The number of ketones is 1. The molecule has 2 aliphatic rings. The molecule has 0 spiro atoms. The quantitative estimate of drug-likeness (QED) is 0.458. The van der Waals surface area contributed by atoms with Crippen LogP contribution in [0.3, 0.4) is 0 Å². The molecule has 0 bridgehead atoms. The first-order chi connectivity index (χ1) is 4.83. The molecule has 4 nitrogen and oxygen atoms in total. The highest BCUT2D eigenvalue weighted by Crippen LogP contribution is 2.32. The minimum atomic E-state index is -0.331. The Morgan fingerprint density at radius 1 is 1.70 bits per heavy atom. The van der Waals surface area contributed by atoms with Gasteiger partial charge in [-0.1, -0.05) is 0 Å². The van der Waals surface area contributed by atoms with Crippen LogP contribution < -0.4 is 0 Å². The van der Waals surface area contributed by atoms with E-state index in [2.05, 4.69) is 0 Å². The summed E-state index contributed by atoms with van der Waals surface area (Å²) in [4.78, 5) is 10.8. The largest absolute Gasteiger partial charge is 0.356 e. The Morgan fingerprint density at radius 3 is 3.20 bits per heavy atom. The van der Waals surface area contributed by atoms with Crippen LogP contribution in [0.2, 0.25) is 0 Å². The molecule has 0 radical (unpaired) electrons. The van der Waals surface area contributed by atoms with E-state index in [0.717, 1.165) is 0 Å². The molecule has 4 heteroatoms. The molecule has 10 heavy (non-hydrogen) atoms. The molecule has 2 fully saturated rings. The second-order valence-corrected chi connectivity index (χ2v) is 2.40. The van der Waals surface area contributed by atoms with E-state index in [-0.39, 0.29) is 30.9 Å². The molecule has 0 aromatic carbocycles. The number of fused-ring (bicyclic) bond motifs is 1. The standard InChI is InChI=1S/C6H8O4/c1-8-6-5-4(10-5)3(7)2-9-6/h4-6H,2H2,1H3/t4-,5-,6?/m1/s1. The smallest absolute Gasteiger partial charge is 0.190 e. The first-order valence-corrected chi connectivity index (χ1v) is 3.15. The highest BCUT2D eigenvalue weighted by Gasteiger charge is 2.54. The number of ether oxygens (including phenoxy) is 3. The summed E-state index contributed by atoms with van der Waals surface area (Å²) >= 11 is 0. The lowest BCUT2D eigenvalue weighted by Gasteiger charge is -2.15. The van der Waals surface area contributed by atoms with Crippen LogP contribution in [-0.4, -0.2) is 38.0 Å². The maximum Gasteiger partial charge on any atom is 0.190 e. The molecular weight excluding hydrogens is 136 g/mol. The SMILES string of the molecule is COC1OCC(=O)[C@H]2O[C@@H]12. The number of hydrogen-bond donors (Lipinski definition) is 0. The van der Waals surface area contributed by atoms with Crippen LogP contribution in [0.1, 0.15) is 0 Å². The topological polar surface area (TPSA) is 48.1 Å². The Bertz CT molecular complexity index is 167. The van der Waals surface area contributed by atoms with E-state index in [4.69, 9.17) is 14.2 Å². The Labute approximate surface area is 58.1 Å². The van der Waals surface area contributed by atoms with Gasteiger partial charge in [0.1, 0.15) is 18.8 Å². The number of epoxide rings is 1. The Kier molecular flexibility index (Phi) is 1.26. The van der Waals surface area contributed by atoms with Crippen molar-refractivity contribution in [2.45, 2.75) is 18.5 Å². The van der Waals surface area contributed by atoms with Crippen molar-refractivity contribution in [3.8, 4) is 0 Å². The van der Waals surface area contributed by atoms with Gasteiger partial charge in [-0.15, -0.1) is 0 Å². The summed E-state index contributed by atoms with van der Waals surface area (Å²) in [6, 6.07) is 0. The lowest BCUT2D eigenvalue weighted by molar-refractivity contribution is -0.157. The minimum absolute atomic E-state index is 0.0262. The number of carbonyl (C=O) groups excluding carboxylic acids is 1. The van der Waals surface area contributed by atoms with Crippen LogP contribution >= 0.6 is 0 Å². The lowest BCUT2D eigenvalue weighted by atomic mass is 10.2. The fourth-order valence-corrected chi connectivity index (χ4v) is 1.13. The van der Waals surface area contributed by atoms with Crippen LogP contribution in [0.4, 0.5) is 0 Å². The average molecular weight is 144 g/mol. The molecule has 56 valence electrons. The second-order valence-electron chi connectivity index (χ2n) is 2.40. The zero-order valence-electron chi connectivity index (χ0n) is 5.57. The monoisotopic (exact) mass is 144 g/mol. The van der Waals surface area contributed by atoms with Crippen molar-refractivity contribution in [3.05, 3.63) is 0 Å². The van der Waals surface area contributed by atoms with Crippen molar-refractivity contribution in [2.24, 2.45) is 0 Å². The number of carbonyl (C=O) groups is 1. The molecule has 0 aromatic heterocycles. The zero-order chi connectivity index (χ0) is 7.14. The predicted molar refractivity (Wildman–Crippen MR) is 30.4 cm³/mol. The van der Waals surface area contributed by atoms with Gasteiger partial charge in [0.2, 0.25) is 0 Å². The van der Waals surface area contributed by atoms with E-state index < -0.39 is 0 Å². The highest BCUT2D eigenvalue weighted by atomic mass is 16.7. The van der Waals surface area contributed by atoms with Gasteiger partial charge < -0.3 is 14.2 Å². The summed E-state index contributed by atoms with van der Waals surface area (Å²) in [6.07, 6.45) is -0.701. The van der Waals surface area contributed by atoms with Gasteiger partial charge in [0.05, 0.1) is 0 Å². The number of rotatable bonds is 1. The summed E-state index contributed by atoms with van der Waals surface area (Å²) in [5.74, 6) is 0.0262. The van der Waals surface area contributed by atoms with E-state index in [9.17, 15) is 4.79 Å². The fraction of sp³-hybridized carbons (Fsp3) is 0.833. The summed E-state index contributed by atoms with van der Waals surface area (Å²) in [5.41, 5.74) is 0. The predicted octanol–water partition coefficient (Wildman–Crippen LogP) is -0.674. The average Bonchev–Trinajstić information content (AvgIpc) is 2.68. The summed E-state index contributed by atoms with van der Waals surface area (Å²) in [7, 11) is 1.54. The molecule has 0 saturated carbocycles. The van der Waals surface area contributed by atoms with Gasteiger partial charge in [0, 0.05) is 7.11 Å². The summed E-state index contributed by atoms with van der Waals surface area (Å²) in [5, 5.41) is 0. The zero-order valence-corrected chi connectivity index (χ0v) is 5.57. The Hall–Kier alpha value is -0.450. The first kappa shape index (κ1) is 6.27. The van der Waals surface area contributed by atoms with Gasteiger partial charge in [-0.05, 0) is 0 Å². The fourth-order valence-electron chi connectivity index (χ4n) is 1.13. The van der Waals surface area contributed by atoms with Gasteiger partial charge in [-0.25, -0.2) is 0 Å². The number of methoxy groups -OCH3 is 1. The van der Waals surface area contributed by atoms with Crippen LogP contribution in [0.25, 0.3) is 0 Å². The van der Waals surface area contributed by atoms with E-state index in [1.54, 1.807) is 7.11 Å². The third kappa shape index (κ3) is 0.767. The van der Waals surface area contributed by atoms with E-state index in [1.165, 1.54) is 0 Å². The van der Waals surface area contributed by atoms with Gasteiger partial charge in [0.15, 0.2) is 12.1 Å². The molecule has 0 aliphatic carbocycles. The Morgan fingerprint density at radius 2 is 2.50 bits per heavy atom. The molecule has 2 saturated heterocycles. The molecule has 2 heterocycles. The maximum atomic E-state index is 10.8. The van der Waals surface area contributed by atoms with E-state index in [0.29, 0.717) is 0 Å². The lowest BCUT2D eigenvalue weighted by Crippen LogP contribution is -2.35. The van der Waals surface area contributed by atoms with Crippen LogP contribution in [0, 0.1) is 0 Å². The second kappa shape index (κ2) is 2.02. The molecule has 1 unspecified atom stereocenters. The van der Waals surface area contributed by atoms with E-state index >= 15 is 0 Å². The highest BCUT2D eigenvalue weighted by molar-refractivity contribution is 5.87. The van der Waals surface area contributed by atoms with Crippen molar-refractivity contribution in [1.82, 2.24) is 0 Å². The van der Waals surface area contributed by atoms with Crippen LogP contribution in [-0.2, 0) is 19.0 Å². The molecule has 2 aliphatic heterocycles. The van der Waals surface area contributed by atoms with Gasteiger partial charge in [0.25, 0.3) is 0 Å². The van der Waals surface area contributed by atoms with E-state index in [1.807, 2.05) is 0 Å². The molecule has 0 amide bonds. The number of Topliss-reactive ketones (excluding diaryl/α,β-unsaturated/α-hetero) is 1. The van der Waals surface area contributed by atoms with Gasteiger partial charge in [-0.3, -0.25) is 4.79 Å². The summed E-state index contributed by atoms with van der Waals surface area (Å²) in [6.45, 7) is 0.125. The van der Waals surface area contributed by atoms with Gasteiger partial charge >= 0.3 is 0 Å². The van der Waals surface area contributed by atoms with Crippen LogP contribution in [0.15, 0.2) is 0 Å². The molecular formula is C6H8O4. The molecule has 3 atom stereocenters. The maximum absolute atomic E-state index is 10.8. The van der Waals surface area contributed by atoms with Gasteiger partial charge in [-0.2, -0.15) is 0 Å². The van der Waals surface area contributed by atoms with Crippen molar-refractivity contribution in [3.63, 3.8) is 0 Å². The third-order valence-corrected chi connectivity index (χ3v) is 1.73. The Balaban J connectivity index is 2.01. The van der Waals surface area contributed by atoms with Crippen molar-refractivity contribution >= 4 is 5.78 Å². The van der Waals surface area contributed by atoms with Crippen molar-refractivity contribution in [1.29, 1.82) is 0 Å². The van der Waals surface area contributed by atoms with Crippen molar-refractivity contribution < 1.29 is 19.0 Å². The molecule has 0 aromatic rings. The minimum Gasteiger partial charge on any atom is -0.356 e. The van der Waals surface area contributed by atoms with Crippen LogP contribution in [0.5, 0.6) is 0 Å². The molecule has 2 rings (SSSR count). The molecule has 0 N–H and O–H groups in total. The summed E-state index contributed by atoms with van der Waals surface area (Å²) < 4.78 is 14.9. The third-order valence-electron chi connectivity index (χ3n) is 1.73. The number of hydrogen-bond acceptors (Lipinski definition) is 4.